The lowest BCUT2D eigenvalue weighted by atomic mass is 10.1. The molecule has 3 nitrogen and oxygen atoms in total. The molecule has 3 rings (SSSR count). The maximum atomic E-state index is 13.6. The van der Waals surface area contributed by atoms with Crippen LogP contribution in [0.25, 0.3) is 10.1 Å². The predicted molar refractivity (Wildman–Crippen MR) is 112 cm³/mol. The fraction of sp³-hybridized carbons (Fsp3) is 0.263. The smallest absolute Gasteiger partial charge is 0.256 e. The van der Waals surface area contributed by atoms with Gasteiger partial charge in [-0.2, -0.15) is 13.2 Å². The highest BCUT2D eigenvalue weighted by Gasteiger charge is 2.35. The molecule has 0 unspecified atom stereocenters. The van der Waals surface area contributed by atoms with E-state index in [1.54, 1.807) is 6.92 Å². The highest BCUT2D eigenvalue weighted by Crippen LogP contribution is 2.40. The second-order valence-electron chi connectivity index (χ2n) is 6.35. The summed E-state index contributed by atoms with van der Waals surface area (Å²) in [6.45, 7) is 1.45. The zero-order valence-corrected chi connectivity index (χ0v) is 18.4. The fourth-order valence-corrected chi connectivity index (χ4v) is 6.90. The molecule has 0 aliphatic heterocycles. The number of sulfonamides is 1. The van der Waals surface area contributed by atoms with E-state index in [-0.39, 0.29) is 23.2 Å². The Bertz CT molecular complexity index is 1140. The summed E-state index contributed by atoms with van der Waals surface area (Å²) in [6, 6.07) is 9.92. The Balaban J connectivity index is 2.12. The zero-order valence-electron chi connectivity index (χ0n) is 15.1. The Kier molecular flexibility index (Phi) is 6.26. The third kappa shape index (κ3) is 4.59. The monoisotopic (exact) mass is 509 g/mol. The number of hydrogen-bond donors (Lipinski definition) is 0. The summed E-state index contributed by atoms with van der Waals surface area (Å²) < 4.78 is 80.7. The van der Waals surface area contributed by atoms with Crippen LogP contribution < -0.4 is 4.31 Å². The van der Waals surface area contributed by atoms with Crippen molar-refractivity contribution >= 4 is 52.4 Å². The van der Waals surface area contributed by atoms with E-state index in [1.165, 1.54) is 17.4 Å². The first-order valence-electron chi connectivity index (χ1n) is 8.44. The van der Waals surface area contributed by atoms with Crippen LogP contribution in [0.3, 0.4) is 0 Å². The summed E-state index contributed by atoms with van der Waals surface area (Å²) in [5.41, 5.74) is -0.642. The molecular formula is C19H16BrF4NO2S2. The highest BCUT2D eigenvalue weighted by atomic mass is 79.9. The van der Waals surface area contributed by atoms with Crippen LogP contribution in [0, 0.1) is 12.7 Å². The molecule has 2 aromatic carbocycles. The molecule has 1 aromatic heterocycles. The van der Waals surface area contributed by atoms with Crippen molar-refractivity contribution in [1.29, 1.82) is 0 Å². The van der Waals surface area contributed by atoms with Gasteiger partial charge in [0.25, 0.3) is 0 Å². The van der Waals surface area contributed by atoms with Crippen molar-refractivity contribution in [3.63, 3.8) is 0 Å². The Morgan fingerprint density at radius 1 is 1.14 bits per heavy atom. The third-order valence-electron chi connectivity index (χ3n) is 4.38. The zero-order chi connectivity index (χ0) is 21.4. The van der Waals surface area contributed by atoms with Crippen LogP contribution in [-0.4, -0.2) is 19.5 Å². The van der Waals surface area contributed by atoms with Gasteiger partial charge in [-0.3, -0.25) is 4.31 Å². The Morgan fingerprint density at radius 2 is 1.83 bits per heavy atom. The average Bonchev–Trinajstić information content (AvgIpc) is 2.96. The van der Waals surface area contributed by atoms with Crippen LogP contribution in [0.4, 0.5) is 22.6 Å². The van der Waals surface area contributed by atoms with Gasteiger partial charge in [0.15, 0.2) is 0 Å². The molecule has 0 amide bonds. The molecule has 29 heavy (non-hydrogen) atoms. The van der Waals surface area contributed by atoms with Gasteiger partial charge in [-0.1, -0.05) is 40.2 Å². The molecule has 0 saturated heterocycles. The van der Waals surface area contributed by atoms with E-state index in [0.717, 1.165) is 20.0 Å². The van der Waals surface area contributed by atoms with Gasteiger partial charge in [0.1, 0.15) is 10.8 Å². The van der Waals surface area contributed by atoms with Crippen molar-refractivity contribution in [3.05, 3.63) is 65.0 Å². The summed E-state index contributed by atoms with van der Waals surface area (Å²) in [5, 5.41) is 1.49. The summed E-state index contributed by atoms with van der Waals surface area (Å²) in [6.07, 6.45) is -4.87. The van der Waals surface area contributed by atoms with E-state index in [4.69, 9.17) is 0 Å². The Morgan fingerprint density at radius 3 is 2.45 bits per heavy atom. The number of aryl methyl sites for hydroxylation is 1. The Hall–Kier alpha value is -1.65. The first kappa shape index (κ1) is 22.0. The summed E-state index contributed by atoms with van der Waals surface area (Å²) in [4.78, 5) is 0. The molecule has 156 valence electrons. The lowest BCUT2D eigenvalue weighted by Gasteiger charge is -2.24. The van der Waals surface area contributed by atoms with Crippen molar-refractivity contribution in [3.8, 4) is 0 Å². The molecule has 0 aliphatic rings. The van der Waals surface area contributed by atoms with Crippen LogP contribution in [0.15, 0.2) is 42.5 Å². The minimum absolute atomic E-state index is 0.0497. The van der Waals surface area contributed by atoms with Crippen LogP contribution in [0.1, 0.15) is 16.7 Å². The van der Waals surface area contributed by atoms with E-state index < -0.39 is 27.6 Å². The third-order valence-corrected chi connectivity index (χ3v) is 8.41. The second-order valence-corrected chi connectivity index (χ2v) is 10.2. The van der Waals surface area contributed by atoms with Gasteiger partial charge in [0.2, 0.25) is 10.0 Å². The average molecular weight is 510 g/mol. The number of thiophene rings is 1. The first-order valence-corrected chi connectivity index (χ1v) is 12.0. The van der Waals surface area contributed by atoms with Crippen molar-refractivity contribution in [2.75, 3.05) is 15.4 Å². The number of benzene rings is 2. The lowest BCUT2D eigenvalue weighted by Crippen LogP contribution is -2.33. The molecule has 0 fully saturated rings. The minimum atomic E-state index is -4.87. The number of hydrogen-bond acceptors (Lipinski definition) is 3. The molecular weight excluding hydrogens is 494 g/mol. The number of halogens is 5. The van der Waals surface area contributed by atoms with Crippen LogP contribution >= 0.6 is 27.3 Å². The SMILES string of the molecule is Cc1c(N(Cc2ccc(F)c(C(F)(F)F)c2)S(=O)(=O)CCBr)sc2ccccc12. The summed E-state index contributed by atoms with van der Waals surface area (Å²) in [7, 11) is -3.83. The van der Waals surface area contributed by atoms with Gasteiger partial charge in [-0.15, -0.1) is 11.3 Å². The van der Waals surface area contributed by atoms with Gasteiger partial charge in [0, 0.05) is 10.0 Å². The minimum Gasteiger partial charge on any atom is -0.256 e. The summed E-state index contributed by atoms with van der Waals surface area (Å²) >= 11 is 4.36. The van der Waals surface area contributed by atoms with Crippen LogP contribution in [-0.2, 0) is 22.7 Å². The largest absolute Gasteiger partial charge is 0.419 e. The topological polar surface area (TPSA) is 37.4 Å². The van der Waals surface area contributed by atoms with E-state index in [9.17, 15) is 26.0 Å². The molecule has 0 N–H and O–H groups in total. The van der Waals surface area contributed by atoms with Crippen LogP contribution in [0.2, 0.25) is 0 Å². The standard InChI is InChI=1S/C19H16BrF4NO2S2/c1-12-14-4-2-3-5-17(14)28-18(12)25(29(26,27)9-8-20)11-13-6-7-16(21)15(10-13)19(22,23)24/h2-7,10H,8-9,11H2,1H3. The van der Waals surface area contributed by atoms with Crippen LogP contribution in [0.5, 0.6) is 0 Å². The number of anilines is 1. The van der Waals surface area contributed by atoms with Gasteiger partial charge >= 0.3 is 6.18 Å². The van der Waals surface area contributed by atoms with Crippen molar-refractivity contribution in [2.24, 2.45) is 0 Å². The number of alkyl halides is 4. The Labute approximate surface area is 178 Å². The highest BCUT2D eigenvalue weighted by molar-refractivity contribution is 9.09. The number of rotatable bonds is 6. The molecule has 0 bridgehead atoms. The first-order chi connectivity index (χ1) is 13.5. The molecule has 0 atom stereocenters. The normalized spacial score (nSPS) is 12.5. The molecule has 0 radical (unpaired) electrons. The molecule has 0 spiro atoms. The van der Waals surface area contributed by atoms with E-state index in [1.807, 2.05) is 24.3 Å². The fourth-order valence-electron chi connectivity index (χ4n) is 2.96. The van der Waals surface area contributed by atoms with Gasteiger partial charge < -0.3 is 0 Å². The van der Waals surface area contributed by atoms with E-state index in [2.05, 4.69) is 15.9 Å². The molecule has 3 aromatic rings. The van der Waals surface area contributed by atoms with Crippen molar-refractivity contribution < 1.29 is 26.0 Å². The molecule has 10 heteroatoms. The predicted octanol–water partition coefficient (Wildman–Crippen LogP) is 6.10. The maximum Gasteiger partial charge on any atom is 0.419 e. The second kappa shape index (κ2) is 8.23. The van der Waals surface area contributed by atoms with Crippen molar-refractivity contribution in [2.45, 2.75) is 19.6 Å². The quantitative estimate of drug-likeness (QED) is 0.297. The van der Waals surface area contributed by atoms with Crippen molar-refractivity contribution in [1.82, 2.24) is 0 Å². The number of fused-ring (bicyclic) bond motifs is 1. The van der Waals surface area contributed by atoms with E-state index >= 15 is 0 Å². The summed E-state index contributed by atoms with van der Waals surface area (Å²) in [5.74, 6) is -1.62. The van der Waals surface area contributed by atoms with Gasteiger partial charge in [-0.05, 0) is 41.6 Å². The molecule has 0 aliphatic carbocycles. The number of nitrogens with zero attached hydrogens (tertiary/aromatic N) is 1. The van der Waals surface area contributed by atoms with E-state index in [0.29, 0.717) is 17.1 Å². The lowest BCUT2D eigenvalue weighted by molar-refractivity contribution is -0.140. The van der Waals surface area contributed by atoms with Gasteiger partial charge in [0.05, 0.1) is 17.9 Å². The molecule has 1 heterocycles. The van der Waals surface area contributed by atoms with Gasteiger partial charge in [-0.25, -0.2) is 12.8 Å². The molecule has 0 saturated carbocycles. The maximum absolute atomic E-state index is 13.6.